The normalized spacial score (nSPS) is 10.6. The van der Waals surface area contributed by atoms with Crippen molar-refractivity contribution in [2.45, 2.75) is 19.0 Å². The molecule has 0 fully saturated rings. The first kappa shape index (κ1) is 17.7. The predicted molar refractivity (Wildman–Crippen MR) is 100 cm³/mol. The van der Waals surface area contributed by atoms with Crippen LogP contribution in [0.3, 0.4) is 0 Å². The van der Waals surface area contributed by atoms with Gasteiger partial charge in [-0.15, -0.1) is 12.4 Å². The van der Waals surface area contributed by atoms with Crippen molar-refractivity contribution in [3.63, 3.8) is 0 Å². The fraction of sp³-hybridized carbons (Fsp3) is 0.278. The van der Waals surface area contributed by atoms with Gasteiger partial charge >= 0.3 is 0 Å². The lowest BCUT2D eigenvalue weighted by molar-refractivity contribution is 0.343. The average molecular weight is 349 g/mol. The van der Waals surface area contributed by atoms with E-state index in [1.54, 1.807) is 11.8 Å². The van der Waals surface area contributed by atoms with E-state index in [0.717, 1.165) is 22.2 Å². The minimum atomic E-state index is 0. The zero-order valence-corrected chi connectivity index (χ0v) is 15.2. The zero-order chi connectivity index (χ0) is 15.5. The van der Waals surface area contributed by atoms with Crippen molar-refractivity contribution < 1.29 is 4.74 Å². The highest BCUT2D eigenvalue weighted by atomic mass is 35.5. The molecule has 3 aromatic rings. The summed E-state index contributed by atoms with van der Waals surface area (Å²) in [5, 5.41) is 1.03. The number of halogens is 1. The number of hydrogen-bond donors (Lipinski definition) is 0. The van der Waals surface area contributed by atoms with Gasteiger partial charge in [-0.3, -0.25) is 0 Å². The number of benzene rings is 2. The first-order valence-corrected chi connectivity index (χ1v) is 8.38. The highest BCUT2D eigenvalue weighted by Crippen LogP contribution is 2.23. The van der Waals surface area contributed by atoms with Crippen LogP contribution in [0.4, 0.5) is 0 Å². The number of rotatable bonds is 5. The number of fused-ring (bicyclic) bond motifs is 1. The third-order valence-electron chi connectivity index (χ3n) is 3.81. The molecule has 5 heteroatoms. The summed E-state index contributed by atoms with van der Waals surface area (Å²) in [5.41, 5.74) is 4.77. The minimum Gasteiger partial charge on any atom is -0.493 e. The van der Waals surface area contributed by atoms with Crippen LogP contribution in [0.5, 0.6) is 5.75 Å². The van der Waals surface area contributed by atoms with E-state index in [2.05, 4.69) is 48.6 Å². The van der Waals surface area contributed by atoms with Gasteiger partial charge in [0.15, 0.2) is 5.16 Å². The fourth-order valence-electron chi connectivity index (χ4n) is 2.35. The third kappa shape index (κ3) is 4.01. The van der Waals surface area contributed by atoms with E-state index in [1.165, 1.54) is 16.6 Å². The predicted octanol–water partition coefficient (Wildman–Crippen LogP) is 4.78. The molecular formula is C18H21ClN2OS. The molecule has 3 nitrogen and oxygen atoms in total. The molecule has 0 aliphatic rings. The van der Waals surface area contributed by atoms with Gasteiger partial charge in [-0.25, -0.2) is 4.98 Å². The average Bonchev–Trinajstić information content (AvgIpc) is 2.84. The topological polar surface area (TPSA) is 27.1 Å². The van der Waals surface area contributed by atoms with E-state index in [9.17, 15) is 0 Å². The standard InChI is InChI=1S/C18H20N2OS.ClH/c1-13-8-9-15(12-14(13)2)21-10-11-22-18-19-16-6-4-5-7-17(16)20(18)3;/h4-9,12H,10-11H2,1-3H3;1H. The van der Waals surface area contributed by atoms with Crippen molar-refractivity contribution in [2.24, 2.45) is 7.05 Å². The molecule has 0 spiro atoms. The summed E-state index contributed by atoms with van der Waals surface area (Å²) in [4.78, 5) is 4.65. The molecule has 2 aromatic carbocycles. The van der Waals surface area contributed by atoms with E-state index in [-0.39, 0.29) is 12.4 Å². The number of nitrogens with zero attached hydrogens (tertiary/aromatic N) is 2. The third-order valence-corrected chi connectivity index (χ3v) is 4.80. The quantitative estimate of drug-likeness (QED) is 0.490. The van der Waals surface area contributed by atoms with Crippen LogP contribution in [0.2, 0.25) is 0 Å². The number of aromatic nitrogens is 2. The molecule has 1 heterocycles. The highest BCUT2D eigenvalue weighted by molar-refractivity contribution is 7.99. The van der Waals surface area contributed by atoms with Crippen molar-refractivity contribution in [3.8, 4) is 5.75 Å². The molecule has 0 amide bonds. The second-order valence-electron chi connectivity index (χ2n) is 5.39. The fourth-order valence-corrected chi connectivity index (χ4v) is 3.15. The van der Waals surface area contributed by atoms with Crippen LogP contribution in [0, 0.1) is 13.8 Å². The van der Waals surface area contributed by atoms with E-state index < -0.39 is 0 Å². The Kier molecular flexibility index (Phi) is 5.97. The van der Waals surface area contributed by atoms with Crippen molar-refractivity contribution in [3.05, 3.63) is 53.6 Å². The molecule has 0 bridgehead atoms. The smallest absolute Gasteiger partial charge is 0.168 e. The number of thioether (sulfide) groups is 1. The Hall–Kier alpha value is -1.65. The number of para-hydroxylation sites is 2. The lowest BCUT2D eigenvalue weighted by atomic mass is 10.1. The Bertz CT molecular complexity index is 801. The van der Waals surface area contributed by atoms with Gasteiger partial charge in [0.1, 0.15) is 5.75 Å². The summed E-state index contributed by atoms with van der Waals surface area (Å²) in [6, 6.07) is 14.4. The van der Waals surface area contributed by atoms with Crippen LogP contribution >= 0.6 is 24.2 Å². The molecule has 0 atom stereocenters. The van der Waals surface area contributed by atoms with Gasteiger partial charge in [0.05, 0.1) is 17.6 Å². The SMILES string of the molecule is Cc1ccc(OCCSc2nc3ccccc3n2C)cc1C.Cl. The molecule has 23 heavy (non-hydrogen) atoms. The maximum Gasteiger partial charge on any atom is 0.168 e. The number of ether oxygens (including phenoxy) is 1. The molecule has 0 saturated carbocycles. The van der Waals surface area contributed by atoms with Gasteiger partial charge in [-0.2, -0.15) is 0 Å². The number of hydrogen-bond acceptors (Lipinski definition) is 3. The van der Waals surface area contributed by atoms with Crippen molar-refractivity contribution in [1.82, 2.24) is 9.55 Å². The van der Waals surface area contributed by atoms with E-state index in [1.807, 2.05) is 24.3 Å². The van der Waals surface area contributed by atoms with Gasteiger partial charge in [-0.1, -0.05) is 30.0 Å². The Labute approximate surface area is 147 Å². The molecule has 0 aliphatic carbocycles. The van der Waals surface area contributed by atoms with Gasteiger partial charge in [0.25, 0.3) is 0 Å². The summed E-state index contributed by atoms with van der Waals surface area (Å²) in [7, 11) is 2.06. The molecule has 0 aliphatic heterocycles. The Balaban J connectivity index is 0.00000192. The van der Waals surface area contributed by atoms with E-state index in [4.69, 9.17) is 4.74 Å². The first-order chi connectivity index (χ1) is 10.6. The summed E-state index contributed by atoms with van der Waals surface area (Å²) >= 11 is 1.73. The van der Waals surface area contributed by atoms with Crippen molar-refractivity contribution in [1.29, 1.82) is 0 Å². The molecule has 0 saturated heterocycles. The van der Waals surface area contributed by atoms with Crippen LogP contribution in [-0.2, 0) is 7.05 Å². The molecule has 1 aromatic heterocycles. The molecule has 3 rings (SSSR count). The van der Waals surface area contributed by atoms with Crippen LogP contribution in [0.25, 0.3) is 11.0 Å². The van der Waals surface area contributed by atoms with Crippen LogP contribution in [-0.4, -0.2) is 21.9 Å². The van der Waals surface area contributed by atoms with Crippen LogP contribution < -0.4 is 4.74 Å². The van der Waals surface area contributed by atoms with Crippen LogP contribution in [0.1, 0.15) is 11.1 Å². The lowest BCUT2D eigenvalue weighted by Crippen LogP contribution is -2.02. The van der Waals surface area contributed by atoms with Gasteiger partial charge in [-0.05, 0) is 49.2 Å². The van der Waals surface area contributed by atoms with E-state index in [0.29, 0.717) is 6.61 Å². The minimum absolute atomic E-state index is 0. The maximum absolute atomic E-state index is 5.82. The molecular weight excluding hydrogens is 328 g/mol. The van der Waals surface area contributed by atoms with Gasteiger partial charge < -0.3 is 9.30 Å². The van der Waals surface area contributed by atoms with Gasteiger partial charge in [0, 0.05) is 12.8 Å². The van der Waals surface area contributed by atoms with E-state index >= 15 is 0 Å². The second-order valence-corrected chi connectivity index (χ2v) is 6.45. The molecule has 0 radical (unpaired) electrons. The van der Waals surface area contributed by atoms with Crippen LogP contribution in [0.15, 0.2) is 47.6 Å². The molecule has 0 N–H and O–H groups in total. The second kappa shape index (κ2) is 7.75. The first-order valence-electron chi connectivity index (χ1n) is 7.39. The Morgan fingerprint density at radius 3 is 2.61 bits per heavy atom. The molecule has 0 unspecified atom stereocenters. The summed E-state index contributed by atoms with van der Waals surface area (Å²) in [5.74, 6) is 1.82. The highest BCUT2D eigenvalue weighted by Gasteiger charge is 2.07. The Morgan fingerprint density at radius 1 is 1.09 bits per heavy atom. The van der Waals surface area contributed by atoms with Gasteiger partial charge in [0.2, 0.25) is 0 Å². The summed E-state index contributed by atoms with van der Waals surface area (Å²) < 4.78 is 7.95. The maximum atomic E-state index is 5.82. The number of aryl methyl sites for hydroxylation is 3. The summed E-state index contributed by atoms with van der Waals surface area (Å²) in [6.45, 7) is 4.90. The largest absolute Gasteiger partial charge is 0.493 e. The van der Waals surface area contributed by atoms with Crippen molar-refractivity contribution >= 4 is 35.2 Å². The Morgan fingerprint density at radius 2 is 1.87 bits per heavy atom. The number of imidazole rings is 1. The van der Waals surface area contributed by atoms with Crippen molar-refractivity contribution in [2.75, 3.05) is 12.4 Å². The monoisotopic (exact) mass is 348 g/mol. The summed E-state index contributed by atoms with van der Waals surface area (Å²) in [6.07, 6.45) is 0. The zero-order valence-electron chi connectivity index (χ0n) is 13.6. The lowest BCUT2D eigenvalue weighted by Gasteiger charge is -2.08. The molecule has 122 valence electrons.